The number of aliphatic hydroxyl groups is 3. The van der Waals surface area contributed by atoms with E-state index >= 15 is 0 Å². The Balaban J connectivity index is 2.93. The van der Waals surface area contributed by atoms with Gasteiger partial charge in [-0.3, -0.25) is 9.59 Å². The Morgan fingerprint density at radius 1 is 1.22 bits per heavy atom. The lowest BCUT2D eigenvalue weighted by Crippen LogP contribution is -2.56. The van der Waals surface area contributed by atoms with Gasteiger partial charge in [0.05, 0.1) is 13.7 Å². The van der Waals surface area contributed by atoms with Gasteiger partial charge in [0, 0.05) is 5.92 Å². The summed E-state index contributed by atoms with van der Waals surface area (Å²) >= 11 is 0. The highest BCUT2D eigenvalue weighted by Gasteiger charge is 2.46. The van der Waals surface area contributed by atoms with Crippen molar-refractivity contribution >= 4 is 17.6 Å². The molecule has 0 aliphatic heterocycles. The van der Waals surface area contributed by atoms with E-state index in [0.717, 1.165) is 18.9 Å². The summed E-state index contributed by atoms with van der Waals surface area (Å²) < 4.78 is 5.05. The molecule has 1 aromatic rings. The minimum absolute atomic E-state index is 0.462. The largest absolute Gasteiger partial charge is 0.497 e. The van der Waals surface area contributed by atoms with E-state index in [1.807, 2.05) is 13.8 Å². The highest BCUT2D eigenvalue weighted by Crippen LogP contribution is 2.22. The number of Topliss-reactive ketones (excluding diaryl/α,β-unsaturated/α-hetero) is 1. The number of unbranched alkanes of at least 4 members (excludes halogenated alkanes) is 1. The first-order chi connectivity index (χ1) is 12.8. The van der Waals surface area contributed by atoms with Crippen molar-refractivity contribution in [2.45, 2.75) is 51.2 Å². The van der Waals surface area contributed by atoms with Gasteiger partial charge in [-0.2, -0.15) is 0 Å². The second-order valence-corrected chi connectivity index (χ2v) is 6.61. The minimum atomic E-state index is -2.56. The third kappa shape index (κ3) is 5.99. The minimum Gasteiger partial charge on any atom is -0.497 e. The van der Waals surface area contributed by atoms with Gasteiger partial charge in [0.2, 0.25) is 0 Å². The van der Waals surface area contributed by atoms with Crippen molar-refractivity contribution in [2.24, 2.45) is 5.92 Å². The van der Waals surface area contributed by atoms with Gasteiger partial charge in [-0.05, 0) is 36.6 Å². The normalized spacial score (nSPS) is 15.9. The molecule has 0 saturated carbocycles. The van der Waals surface area contributed by atoms with Gasteiger partial charge in [0.1, 0.15) is 5.75 Å². The Kier molecular flexibility index (Phi) is 9.35. The van der Waals surface area contributed by atoms with Crippen LogP contribution in [0.2, 0.25) is 0 Å². The molecule has 6 heteroatoms. The van der Waals surface area contributed by atoms with Gasteiger partial charge in [0.25, 0.3) is 0 Å². The molecule has 3 atom stereocenters. The fourth-order valence-electron chi connectivity index (χ4n) is 2.79. The van der Waals surface area contributed by atoms with E-state index in [2.05, 4.69) is 0 Å². The van der Waals surface area contributed by atoms with Crippen LogP contribution in [-0.4, -0.2) is 52.3 Å². The summed E-state index contributed by atoms with van der Waals surface area (Å²) in [5, 5.41) is 30.4. The van der Waals surface area contributed by atoms with E-state index in [1.165, 1.54) is 13.2 Å². The summed E-state index contributed by atoms with van der Waals surface area (Å²) in [4.78, 5) is 25.0. The molecule has 0 spiro atoms. The molecule has 1 rings (SSSR count). The number of carbonyl (C=O) groups excluding carboxylic acids is 2. The summed E-state index contributed by atoms with van der Waals surface area (Å²) in [6.07, 6.45) is 3.29. The van der Waals surface area contributed by atoms with E-state index in [1.54, 1.807) is 24.3 Å². The second kappa shape index (κ2) is 11.0. The molecule has 0 aliphatic carbocycles. The quantitative estimate of drug-likeness (QED) is 0.482. The fourth-order valence-corrected chi connectivity index (χ4v) is 2.79. The number of methoxy groups -OCH3 is 1. The molecule has 6 nitrogen and oxygen atoms in total. The van der Waals surface area contributed by atoms with Gasteiger partial charge in [-0.15, -0.1) is 0 Å². The van der Waals surface area contributed by atoms with E-state index in [4.69, 9.17) is 4.74 Å². The predicted molar refractivity (Wildman–Crippen MR) is 103 cm³/mol. The number of ether oxygens (including phenoxy) is 1. The number of carbonyl (C=O) groups is 2. The standard InChI is InChI=1S/C21H30O6/c1-4-6-7-16(5-2)19(24)20(25)21(26,14-22)18(23)13-10-15-8-11-17(27-3)12-9-15/h8-13,16,20,22,25-26H,4-7,14H2,1-3H3/b13-10+. The molecule has 0 fully saturated rings. The van der Waals surface area contributed by atoms with Crippen molar-refractivity contribution in [1.82, 2.24) is 0 Å². The summed E-state index contributed by atoms with van der Waals surface area (Å²) in [5.41, 5.74) is -1.89. The van der Waals surface area contributed by atoms with Gasteiger partial charge < -0.3 is 20.1 Å². The van der Waals surface area contributed by atoms with Crippen LogP contribution in [0.15, 0.2) is 30.3 Å². The van der Waals surface area contributed by atoms with Crippen LogP contribution < -0.4 is 4.74 Å². The van der Waals surface area contributed by atoms with E-state index < -0.39 is 35.8 Å². The number of benzene rings is 1. The van der Waals surface area contributed by atoms with Crippen molar-refractivity contribution in [1.29, 1.82) is 0 Å². The van der Waals surface area contributed by atoms with Crippen LogP contribution in [0.3, 0.4) is 0 Å². The lowest BCUT2D eigenvalue weighted by atomic mass is 9.82. The van der Waals surface area contributed by atoms with Gasteiger partial charge in [-0.25, -0.2) is 0 Å². The van der Waals surface area contributed by atoms with Gasteiger partial charge in [-0.1, -0.05) is 44.9 Å². The first-order valence-corrected chi connectivity index (χ1v) is 9.25. The molecule has 27 heavy (non-hydrogen) atoms. The van der Waals surface area contributed by atoms with Gasteiger partial charge in [0.15, 0.2) is 23.3 Å². The molecule has 150 valence electrons. The number of hydrogen-bond donors (Lipinski definition) is 3. The molecule has 1 aromatic carbocycles. The average Bonchev–Trinajstić information content (AvgIpc) is 2.71. The SMILES string of the molecule is CCCCC(CC)C(=O)C(O)C(O)(CO)C(=O)/C=C/c1ccc(OC)cc1. The van der Waals surface area contributed by atoms with Crippen molar-refractivity contribution in [3.63, 3.8) is 0 Å². The molecule has 0 radical (unpaired) electrons. The lowest BCUT2D eigenvalue weighted by Gasteiger charge is -2.30. The molecule has 0 saturated heterocycles. The zero-order chi connectivity index (χ0) is 20.4. The molecular weight excluding hydrogens is 348 g/mol. The van der Waals surface area contributed by atoms with Crippen LogP contribution in [0.5, 0.6) is 5.75 Å². The molecule has 3 N–H and O–H groups in total. The predicted octanol–water partition coefficient (Wildman–Crippen LogP) is 2.15. The Hall–Kier alpha value is -2.02. The molecule has 0 heterocycles. The lowest BCUT2D eigenvalue weighted by molar-refractivity contribution is -0.164. The van der Waals surface area contributed by atoms with Crippen LogP contribution >= 0.6 is 0 Å². The zero-order valence-electron chi connectivity index (χ0n) is 16.2. The Morgan fingerprint density at radius 2 is 1.85 bits per heavy atom. The molecular formula is C21H30O6. The first-order valence-electron chi connectivity index (χ1n) is 9.25. The van der Waals surface area contributed by atoms with Crippen LogP contribution in [0.4, 0.5) is 0 Å². The van der Waals surface area contributed by atoms with Crippen molar-refractivity contribution in [3.05, 3.63) is 35.9 Å². The Morgan fingerprint density at radius 3 is 2.33 bits per heavy atom. The molecule has 0 aliphatic rings. The monoisotopic (exact) mass is 378 g/mol. The zero-order valence-corrected chi connectivity index (χ0v) is 16.2. The summed E-state index contributed by atoms with van der Waals surface area (Å²) in [6, 6.07) is 6.83. The van der Waals surface area contributed by atoms with Gasteiger partial charge >= 0.3 is 0 Å². The average molecular weight is 378 g/mol. The summed E-state index contributed by atoms with van der Waals surface area (Å²) in [7, 11) is 1.54. The topological polar surface area (TPSA) is 104 Å². The smallest absolute Gasteiger partial charge is 0.192 e. The maximum absolute atomic E-state index is 12.5. The third-order valence-corrected chi connectivity index (χ3v) is 4.73. The van der Waals surface area contributed by atoms with Crippen molar-refractivity contribution in [2.75, 3.05) is 13.7 Å². The Bertz CT molecular complexity index is 637. The highest BCUT2D eigenvalue weighted by molar-refractivity contribution is 6.04. The second-order valence-electron chi connectivity index (χ2n) is 6.61. The Labute approximate surface area is 160 Å². The van der Waals surface area contributed by atoms with Crippen LogP contribution in [0.1, 0.15) is 45.1 Å². The maximum Gasteiger partial charge on any atom is 0.192 e. The summed E-state index contributed by atoms with van der Waals surface area (Å²) in [5.74, 6) is -1.35. The van der Waals surface area contributed by atoms with Crippen LogP contribution in [-0.2, 0) is 9.59 Å². The summed E-state index contributed by atoms with van der Waals surface area (Å²) in [6.45, 7) is 2.76. The number of hydrogen-bond acceptors (Lipinski definition) is 6. The van der Waals surface area contributed by atoms with E-state index in [0.29, 0.717) is 24.2 Å². The van der Waals surface area contributed by atoms with E-state index in [9.17, 15) is 24.9 Å². The molecule has 0 aromatic heterocycles. The molecule has 0 bridgehead atoms. The van der Waals surface area contributed by atoms with Crippen molar-refractivity contribution in [3.8, 4) is 5.75 Å². The third-order valence-electron chi connectivity index (χ3n) is 4.73. The number of aliphatic hydroxyl groups excluding tert-OH is 2. The number of rotatable bonds is 12. The van der Waals surface area contributed by atoms with Crippen molar-refractivity contribution < 1.29 is 29.6 Å². The molecule has 3 unspecified atom stereocenters. The molecule has 0 amide bonds. The number of ketones is 2. The highest BCUT2D eigenvalue weighted by atomic mass is 16.5. The fraction of sp³-hybridized carbons (Fsp3) is 0.524. The maximum atomic E-state index is 12.5. The first kappa shape index (κ1) is 23.0. The van der Waals surface area contributed by atoms with Crippen LogP contribution in [0.25, 0.3) is 6.08 Å². The van der Waals surface area contributed by atoms with Crippen LogP contribution in [0, 0.1) is 5.92 Å². The van der Waals surface area contributed by atoms with E-state index in [-0.39, 0.29) is 0 Å².